The minimum atomic E-state index is -0.480. The van der Waals surface area contributed by atoms with Gasteiger partial charge in [-0.3, -0.25) is 14.9 Å². The fraction of sp³-hybridized carbons (Fsp3) is 0.211. The normalized spacial score (nSPS) is 11.5. The van der Waals surface area contributed by atoms with Gasteiger partial charge in [0.2, 0.25) is 0 Å². The highest BCUT2D eigenvalue weighted by Gasteiger charge is 2.17. The number of carbonyl (C=O) groups excluding carboxylic acids is 1. The van der Waals surface area contributed by atoms with Crippen LogP contribution in [0.3, 0.4) is 0 Å². The number of nitrogens with zero attached hydrogens (tertiary/aromatic N) is 1. The number of ether oxygens (including phenoxy) is 1. The third-order valence-corrected chi connectivity index (χ3v) is 3.87. The molecule has 0 aromatic heterocycles. The minimum absolute atomic E-state index is 0.0103. The molecule has 24 heavy (non-hydrogen) atoms. The maximum absolute atomic E-state index is 12.5. The van der Waals surface area contributed by atoms with Crippen molar-refractivity contribution in [3.8, 4) is 5.75 Å². The molecule has 0 fully saturated rings. The Labute approximate surface area is 140 Å². The van der Waals surface area contributed by atoms with Crippen molar-refractivity contribution in [3.05, 3.63) is 82.4 Å². The number of nitro groups is 1. The molecule has 0 N–H and O–H groups in total. The molecule has 0 aliphatic carbocycles. The predicted octanol–water partition coefficient (Wildman–Crippen LogP) is 4.54. The monoisotopic (exact) mass is 325 g/mol. The molecule has 2 rings (SSSR count). The van der Waals surface area contributed by atoms with Crippen molar-refractivity contribution in [2.75, 3.05) is 7.11 Å². The molecule has 5 heteroatoms. The number of Topliss-reactive ketones (excluding diaryl/α,β-unsaturated/α-hetero) is 1. The Bertz CT molecular complexity index is 720. The summed E-state index contributed by atoms with van der Waals surface area (Å²) in [6, 6.07) is 13.3. The molecule has 0 saturated heterocycles. The van der Waals surface area contributed by atoms with E-state index in [1.54, 1.807) is 13.2 Å². The topological polar surface area (TPSA) is 69.4 Å². The molecule has 0 radical (unpaired) electrons. The molecule has 0 bridgehead atoms. The zero-order chi connectivity index (χ0) is 17.5. The summed E-state index contributed by atoms with van der Waals surface area (Å²) in [4.78, 5) is 22.7. The lowest BCUT2D eigenvalue weighted by Gasteiger charge is -2.15. The highest BCUT2D eigenvalue weighted by Crippen LogP contribution is 2.27. The third kappa shape index (κ3) is 4.29. The second-order valence-corrected chi connectivity index (χ2v) is 5.43. The summed E-state index contributed by atoms with van der Waals surface area (Å²) >= 11 is 0. The van der Waals surface area contributed by atoms with Crippen molar-refractivity contribution >= 4 is 11.5 Å². The van der Waals surface area contributed by atoms with Crippen LogP contribution < -0.4 is 4.74 Å². The quantitative estimate of drug-likeness (QED) is 0.309. The Kier molecular flexibility index (Phi) is 5.84. The van der Waals surface area contributed by atoms with Gasteiger partial charge in [-0.05, 0) is 42.2 Å². The van der Waals surface area contributed by atoms with Crippen molar-refractivity contribution in [1.29, 1.82) is 0 Å². The van der Waals surface area contributed by atoms with Gasteiger partial charge in [-0.25, -0.2) is 0 Å². The van der Waals surface area contributed by atoms with E-state index >= 15 is 0 Å². The van der Waals surface area contributed by atoms with Crippen molar-refractivity contribution < 1.29 is 14.5 Å². The number of non-ortho nitro benzene ring substituents is 1. The molecule has 0 spiro atoms. The largest absolute Gasteiger partial charge is 0.497 e. The van der Waals surface area contributed by atoms with Gasteiger partial charge in [0.1, 0.15) is 5.75 Å². The van der Waals surface area contributed by atoms with E-state index in [0.717, 1.165) is 11.3 Å². The number of allylic oxidation sites excluding steroid dienone is 1. The summed E-state index contributed by atoms with van der Waals surface area (Å²) < 4.78 is 5.15. The van der Waals surface area contributed by atoms with Crippen LogP contribution >= 0.6 is 0 Å². The maximum Gasteiger partial charge on any atom is 0.269 e. The molecule has 0 heterocycles. The molecule has 0 saturated carbocycles. The van der Waals surface area contributed by atoms with Crippen molar-refractivity contribution in [2.45, 2.75) is 18.8 Å². The number of hydrogen-bond donors (Lipinski definition) is 0. The molecule has 124 valence electrons. The average Bonchev–Trinajstić information content (AvgIpc) is 2.61. The second kappa shape index (κ2) is 8.06. The SMILES string of the molecule is C=CCC(CC(=O)c1ccc([N+](=O)[O-])cc1)c1ccc(OC)cc1. The van der Waals surface area contributed by atoms with Crippen LogP contribution in [0.15, 0.2) is 61.2 Å². The first kappa shape index (κ1) is 17.4. The van der Waals surface area contributed by atoms with Crippen LogP contribution in [-0.2, 0) is 0 Å². The van der Waals surface area contributed by atoms with Gasteiger partial charge in [0, 0.05) is 24.1 Å². The van der Waals surface area contributed by atoms with E-state index in [2.05, 4.69) is 6.58 Å². The average molecular weight is 325 g/mol. The maximum atomic E-state index is 12.5. The highest BCUT2D eigenvalue weighted by molar-refractivity contribution is 5.96. The van der Waals surface area contributed by atoms with Gasteiger partial charge < -0.3 is 4.74 Å². The Hall–Kier alpha value is -2.95. The molecule has 0 aliphatic heterocycles. The molecule has 1 atom stereocenters. The van der Waals surface area contributed by atoms with Crippen molar-refractivity contribution in [2.24, 2.45) is 0 Å². The first-order valence-corrected chi connectivity index (χ1v) is 7.57. The smallest absolute Gasteiger partial charge is 0.269 e. The van der Waals surface area contributed by atoms with Crippen molar-refractivity contribution in [1.82, 2.24) is 0 Å². The van der Waals surface area contributed by atoms with Gasteiger partial charge in [0.25, 0.3) is 5.69 Å². The molecular formula is C19H19NO4. The van der Waals surface area contributed by atoms with Crippen LogP contribution in [0.2, 0.25) is 0 Å². The van der Waals surface area contributed by atoms with Crippen molar-refractivity contribution in [3.63, 3.8) is 0 Å². The Morgan fingerprint density at radius 2 is 1.83 bits per heavy atom. The van der Waals surface area contributed by atoms with Crippen LogP contribution in [-0.4, -0.2) is 17.8 Å². The molecule has 1 unspecified atom stereocenters. The van der Waals surface area contributed by atoms with Crippen LogP contribution in [0.5, 0.6) is 5.75 Å². The number of nitro benzene ring substituents is 1. The van der Waals surface area contributed by atoms with Gasteiger partial charge in [-0.1, -0.05) is 18.2 Å². The number of rotatable bonds is 8. The first-order valence-electron chi connectivity index (χ1n) is 7.57. The zero-order valence-corrected chi connectivity index (χ0v) is 13.5. The van der Waals surface area contributed by atoms with Gasteiger partial charge in [-0.2, -0.15) is 0 Å². The minimum Gasteiger partial charge on any atom is -0.497 e. The Balaban J connectivity index is 2.15. The number of ketones is 1. The molecule has 2 aromatic carbocycles. The van der Waals surface area contributed by atoms with E-state index in [9.17, 15) is 14.9 Å². The molecule has 0 aliphatic rings. The van der Waals surface area contributed by atoms with Crippen LogP contribution in [0.25, 0.3) is 0 Å². The molecular weight excluding hydrogens is 306 g/mol. The number of hydrogen-bond acceptors (Lipinski definition) is 4. The molecule has 5 nitrogen and oxygen atoms in total. The van der Waals surface area contributed by atoms with Gasteiger partial charge in [0.15, 0.2) is 5.78 Å². The third-order valence-electron chi connectivity index (χ3n) is 3.87. The van der Waals surface area contributed by atoms with Gasteiger partial charge in [-0.15, -0.1) is 6.58 Å². The Morgan fingerprint density at radius 3 is 2.33 bits per heavy atom. The van der Waals surface area contributed by atoms with E-state index < -0.39 is 4.92 Å². The summed E-state index contributed by atoms with van der Waals surface area (Å²) in [6.07, 6.45) is 2.78. The lowest BCUT2D eigenvalue weighted by molar-refractivity contribution is -0.384. The number of benzene rings is 2. The lowest BCUT2D eigenvalue weighted by Crippen LogP contribution is -2.07. The number of methoxy groups -OCH3 is 1. The van der Waals surface area contributed by atoms with E-state index in [1.165, 1.54) is 24.3 Å². The summed E-state index contributed by atoms with van der Waals surface area (Å²) in [5.41, 5.74) is 1.48. The van der Waals surface area contributed by atoms with Crippen LogP contribution in [0.4, 0.5) is 5.69 Å². The fourth-order valence-corrected chi connectivity index (χ4v) is 2.53. The summed E-state index contributed by atoms with van der Waals surface area (Å²) in [6.45, 7) is 3.76. The zero-order valence-electron chi connectivity index (χ0n) is 13.5. The van der Waals surface area contributed by atoms with Crippen LogP contribution in [0.1, 0.15) is 34.7 Å². The fourth-order valence-electron chi connectivity index (χ4n) is 2.53. The molecule has 0 amide bonds. The van der Waals surface area contributed by atoms with Gasteiger partial charge >= 0.3 is 0 Å². The molecule has 2 aromatic rings. The van der Waals surface area contributed by atoms with Crippen LogP contribution in [0, 0.1) is 10.1 Å². The summed E-state index contributed by atoms with van der Waals surface area (Å²) in [5, 5.41) is 10.7. The van der Waals surface area contributed by atoms with Gasteiger partial charge in [0.05, 0.1) is 12.0 Å². The van der Waals surface area contributed by atoms with E-state index in [-0.39, 0.29) is 17.4 Å². The van der Waals surface area contributed by atoms with E-state index in [4.69, 9.17) is 4.74 Å². The standard InChI is InChI=1S/C19H19NO4/c1-3-4-16(14-7-11-18(24-2)12-8-14)13-19(21)15-5-9-17(10-6-15)20(22)23/h3,5-12,16H,1,4,13H2,2H3. The second-order valence-electron chi connectivity index (χ2n) is 5.43. The lowest BCUT2D eigenvalue weighted by atomic mass is 9.89. The summed E-state index contributed by atoms with van der Waals surface area (Å²) in [5.74, 6) is 0.724. The number of carbonyl (C=O) groups is 1. The predicted molar refractivity (Wildman–Crippen MR) is 92.6 cm³/mol. The van der Waals surface area contributed by atoms with E-state index in [1.807, 2.05) is 24.3 Å². The summed E-state index contributed by atoms with van der Waals surface area (Å²) in [7, 11) is 1.61. The first-order chi connectivity index (χ1) is 11.5. The van der Waals surface area contributed by atoms with E-state index in [0.29, 0.717) is 18.4 Å². The Morgan fingerprint density at radius 1 is 1.21 bits per heavy atom. The highest BCUT2D eigenvalue weighted by atomic mass is 16.6.